The van der Waals surface area contributed by atoms with E-state index in [1.807, 2.05) is 7.05 Å². The number of rotatable bonds is 3. The van der Waals surface area contributed by atoms with Crippen LogP contribution in [0.2, 0.25) is 0 Å². The van der Waals surface area contributed by atoms with E-state index in [1.165, 1.54) is 11.1 Å². The number of benzene rings is 1. The highest BCUT2D eigenvalue weighted by molar-refractivity contribution is 9.10. The van der Waals surface area contributed by atoms with Gasteiger partial charge in [-0.3, -0.25) is 0 Å². The maximum atomic E-state index is 3.55. The lowest BCUT2D eigenvalue weighted by molar-refractivity contribution is 0.731. The lowest BCUT2D eigenvalue weighted by atomic mass is 10.1. The summed E-state index contributed by atoms with van der Waals surface area (Å²) >= 11 is 3.55. The minimum Gasteiger partial charge on any atom is -0.314 e. The highest BCUT2D eigenvalue weighted by atomic mass is 79.9. The zero-order valence-corrected chi connectivity index (χ0v) is 10.4. The van der Waals surface area contributed by atoms with Gasteiger partial charge in [0.2, 0.25) is 0 Å². The second kappa shape index (κ2) is 5.32. The molecule has 0 spiro atoms. The van der Waals surface area contributed by atoms with Crippen molar-refractivity contribution in [2.24, 2.45) is 0 Å². The van der Waals surface area contributed by atoms with Crippen molar-refractivity contribution in [3.8, 4) is 0 Å². The summed E-state index contributed by atoms with van der Waals surface area (Å²) in [6.07, 6.45) is 4.28. The fourth-order valence-corrected chi connectivity index (χ4v) is 1.74. The van der Waals surface area contributed by atoms with Crippen molar-refractivity contribution in [3.63, 3.8) is 0 Å². The minimum atomic E-state index is 0.406. The minimum absolute atomic E-state index is 0.406. The van der Waals surface area contributed by atoms with Gasteiger partial charge >= 0.3 is 0 Å². The van der Waals surface area contributed by atoms with E-state index in [1.54, 1.807) is 0 Å². The average molecular weight is 254 g/mol. The third kappa shape index (κ3) is 3.28. The largest absolute Gasteiger partial charge is 0.314 e. The molecule has 0 heterocycles. The maximum absolute atomic E-state index is 3.55. The predicted molar refractivity (Wildman–Crippen MR) is 66.4 cm³/mol. The monoisotopic (exact) mass is 253 g/mol. The topological polar surface area (TPSA) is 12.0 Å². The van der Waals surface area contributed by atoms with Crippen molar-refractivity contribution in [1.29, 1.82) is 0 Å². The van der Waals surface area contributed by atoms with Crippen LogP contribution in [-0.4, -0.2) is 13.1 Å². The van der Waals surface area contributed by atoms with Crippen molar-refractivity contribution in [2.75, 3.05) is 7.05 Å². The molecule has 0 bridgehead atoms. The van der Waals surface area contributed by atoms with Gasteiger partial charge in [-0.1, -0.05) is 40.2 Å². The van der Waals surface area contributed by atoms with Gasteiger partial charge in [-0.2, -0.15) is 0 Å². The molecule has 1 aromatic rings. The van der Waals surface area contributed by atoms with E-state index in [-0.39, 0.29) is 0 Å². The lowest BCUT2D eigenvalue weighted by Gasteiger charge is -2.04. The summed E-state index contributed by atoms with van der Waals surface area (Å²) in [6, 6.07) is 6.78. The third-order valence-corrected chi connectivity index (χ3v) is 2.86. The summed E-state index contributed by atoms with van der Waals surface area (Å²) in [7, 11) is 1.96. The Morgan fingerprint density at radius 2 is 2.14 bits per heavy atom. The van der Waals surface area contributed by atoms with Crippen LogP contribution in [-0.2, 0) is 0 Å². The van der Waals surface area contributed by atoms with Crippen molar-refractivity contribution >= 4 is 22.0 Å². The second-order valence-electron chi connectivity index (χ2n) is 3.46. The van der Waals surface area contributed by atoms with E-state index >= 15 is 0 Å². The summed E-state index contributed by atoms with van der Waals surface area (Å²) in [4.78, 5) is 0. The van der Waals surface area contributed by atoms with E-state index < -0.39 is 0 Å². The molecule has 1 nitrogen and oxygen atoms in total. The molecule has 0 aliphatic heterocycles. The molecule has 0 aliphatic rings. The Hall–Kier alpha value is -0.600. The molecule has 1 aromatic carbocycles. The molecule has 0 fully saturated rings. The van der Waals surface area contributed by atoms with Gasteiger partial charge in [0.25, 0.3) is 0 Å². The fraction of sp³-hybridized carbons (Fsp3) is 0.333. The van der Waals surface area contributed by atoms with Crippen molar-refractivity contribution in [1.82, 2.24) is 5.32 Å². The first-order valence-corrected chi connectivity index (χ1v) is 5.54. The smallest absolute Gasteiger partial charge is 0.0250 e. The Morgan fingerprint density at radius 3 is 2.71 bits per heavy atom. The molecular formula is C12H16BrN. The average Bonchev–Trinajstić information content (AvgIpc) is 2.16. The second-order valence-corrected chi connectivity index (χ2v) is 4.32. The van der Waals surface area contributed by atoms with E-state index in [9.17, 15) is 0 Å². The van der Waals surface area contributed by atoms with E-state index in [2.05, 4.69) is 65.4 Å². The van der Waals surface area contributed by atoms with Crippen LogP contribution in [0.3, 0.4) is 0 Å². The standard InChI is InChI=1S/C12H16BrN/c1-9-4-6-11(12(13)8-9)7-5-10(2)14-3/h4-8,10,14H,1-3H3/b7-5+. The molecule has 76 valence electrons. The molecule has 1 unspecified atom stereocenters. The predicted octanol–water partition coefficient (Wildman–Crippen LogP) is 3.38. The van der Waals surface area contributed by atoms with E-state index in [4.69, 9.17) is 0 Å². The zero-order chi connectivity index (χ0) is 10.6. The van der Waals surface area contributed by atoms with Gasteiger partial charge in [-0.25, -0.2) is 0 Å². The number of halogens is 1. The number of hydrogen-bond acceptors (Lipinski definition) is 1. The first-order valence-electron chi connectivity index (χ1n) is 4.75. The fourth-order valence-electron chi connectivity index (χ4n) is 1.11. The van der Waals surface area contributed by atoms with Crippen LogP contribution in [0.5, 0.6) is 0 Å². The first-order chi connectivity index (χ1) is 6.63. The summed E-state index contributed by atoms with van der Waals surface area (Å²) in [5.74, 6) is 0. The Bertz CT molecular complexity index is 331. The normalized spacial score (nSPS) is 13.4. The van der Waals surface area contributed by atoms with Crippen molar-refractivity contribution < 1.29 is 0 Å². The number of aryl methyl sites for hydroxylation is 1. The quantitative estimate of drug-likeness (QED) is 0.871. The van der Waals surface area contributed by atoms with Crippen LogP contribution < -0.4 is 5.32 Å². The molecule has 1 atom stereocenters. The van der Waals surface area contributed by atoms with Gasteiger partial charge in [0, 0.05) is 10.5 Å². The highest BCUT2D eigenvalue weighted by Crippen LogP contribution is 2.19. The molecule has 0 aromatic heterocycles. The summed E-state index contributed by atoms with van der Waals surface area (Å²) in [6.45, 7) is 4.22. The molecule has 0 amide bonds. The van der Waals surface area contributed by atoms with Gasteiger partial charge in [0.15, 0.2) is 0 Å². The lowest BCUT2D eigenvalue weighted by Crippen LogP contribution is -2.17. The molecule has 1 N–H and O–H groups in total. The molecule has 0 radical (unpaired) electrons. The van der Waals surface area contributed by atoms with Crippen LogP contribution in [0.25, 0.3) is 6.08 Å². The van der Waals surface area contributed by atoms with Crippen LogP contribution in [0.4, 0.5) is 0 Å². The Labute approximate surface area is 94.3 Å². The van der Waals surface area contributed by atoms with Crippen LogP contribution >= 0.6 is 15.9 Å². The summed E-state index contributed by atoms with van der Waals surface area (Å²) < 4.78 is 1.15. The number of nitrogens with one attached hydrogen (secondary N) is 1. The third-order valence-electron chi connectivity index (χ3n) is 2.18. The van der Waals surface area contributed by atoms with Gasteiger partial charge in [-0.15, -0.1) is 0 Å². The molecule has 2 heteroatoms. The zero-order valence-electron chi connectivity index (χ0n) is 8.84. The summed E-state index contributed by atoms with van der Waals surface area (Å²) in [5.41, 5.74) is 2.49. The van der Waals surface area contributed by atoms with Gasteiger partial charge < -0.3 is 5.32 Å². The van der Waals surface area contributed by atoms with Crippen LogP contribution in [0, 0.1) is 6.92 Å². The van der Waals surface area contributed by atoms with Crippen LogP contribution in [0.1, 0.15) is 18.1 Å². The number of likely N-dealkylation sites (N-methyl/N-ethyl adjacent to an activating group) is 1. The van der Waals surface area contributed by atoms with Gasteiger partial charge in [-0.05, 0) is 38.1 Å². The first kappa shape index (κ1) is 11.5. The highest BCUT2D eigenvalue weighted by Gasteiger charge is 1.96. The Balaban J connectivity index is 2.82. The van der Waals surface area contributed by atoms with Crippen molar-refractivity contribution in [3.05, 3.63) is 39.9 Å². The molecule has 1 rings (SSSR count). The molecular weight excluding hydrogens is 238 g/mol. The number of hydrogen-bond donors (Lipinski definition) is 1. The summed E-state index contributed by atoms with van der Waals surface area (Å²) in [5, 5.41) is 3.16. The Morgan fingerprint density at radius 1 is 1.43 bits per heavy atom. The van der Waals surface area contributed by atoms with Crippen molar-refractivity contribution in [2.45, 2.75) is 19.9 Å². The molecule has 0 aliphatic carbocycles. The molecule has 0 saturated heterocycles. The van der Waals surface area contributed by atoms with Crippen LogP contribution in [0.15, 0.2) is 28.7 Å². The Kier molecular flexibility index (Phi) is 4.36. The maximum Gasteiger partial charge on any atom is 0.0250 e. The SMILES string of the molecule is CNC(C)/C=C/c1ccc(C)cc1Br. The van der Waals surface area contributed by atoms with E-state index in [0.29, 0.717) is 6.04 Å². The van der Waals surface area contributed by atoms with Gasteiger partial charge in [0.05, 0.1) is 0 Å². The van der Waals surface area contributed by atoms with Gasteiger partial charge in [0.1, 0.15) is 0 Å². The van der Waals surface area contributed by atoms with E-state index in [0.717, 1.165) is 4.47 Å². The molecule has 14 heavy (non-hydrogen) atoms. The molecule has 0 saturated carbocycles.